The number of methoxy groups -OCH3 is 1. The number of aromatic nitrogens is 1. The van der Waals surface area contributed by atoms with Gasteiger partial charge in [-0.15, -0.1) is 0 Å². The van der Waals surface area contributed by atoms with E-state index in [9.17, 15) is 23.2 Å². The smallest absolute Gasteiger partial charge is 0.274 e. The van der Waals surface area contributed by atoms with Crippen molar-refractivity contribution < 1.29 is 27.5 Å². The number of aryl methyl sites for hydroxylation is 1. The molecule has 7 nitrogen and oxygen atoms in total. The third kappa shape index (κ3) is 4.98. The van der Waals surface area contributed by atoms with Gasteiger partial charge in [-0.2, -0.15) is 0 Å². The zero-order chi connectivity index (χ0) is 26.0. The van der Waals surface area contributed by atoms with Gasteiger partial charge in [0, 0.05) is 30.3 Å². The number of rotatable bonds is 7. The van der Waals surface area contributed by atoms with E-state index in [1.165, 1.54) is 43.6 Å². The summed E-state index contributed by atoms with van der Waals surface area (Å²) in [6.45, 7) is 0.886. The van der Waals surface area contributed by atoms with Gasteiger partial charge >= 0.3 is 0 Å². The number of amides is 2. The first-order valence-electron chi connectivity index (χ1n) is 11.2. The van der Waals surface area contributed by atoms with Crippen molar-refractivity contribution in [2.45, 2.75) is 31.9 Å². The van der Waals surface area contributed by atoms with Gasteiger partial charge in [-0.3, -0.25) is 14.4 Å². The Hall–Kier alpha value is -4.08. The van der Waals surface area contributed by atoms with Crippen LogP contribution in [0.1, 0.15) is 27.4 Å². The molecular formula is C26H24F3N3O4. The van der Waals surface area contributed by atoms with Crippen molar-refractivity contribution in [3.63, 3.8) is 0 Å². The lowest BCUT2D eigenvalue weighted by atomic mass is 9.93. The number of anilines is 1. The molecule has 2 amide bonds. The summed E-state index contributed by atoms with van der Waals surface area (Å²) >= 11 is 0. The average Bonchev–Trinajstić information content (AvgIpc) is 3.16. The Labute approximate surface area is 205 Å². The van der Waals surface area contributed by atoms with E-state index < -0.39 is 48.1 Å². The van der Waals surface area contributed by atoms with Crippen LogP contribution < -0.4 is 20.5 Å². The van der Waals surface area contributed by atoms with Crippen LogP contribution in [0, 0.1) is 12.7 Å². The normalized spacial score (nSPS) is 17.5. The Morgan fingerprint density at radius 3 is 2.50 bits per heavy atom. The van der Waals surface area contributed by atoms with E-state index in [0.29, 0.717) is 5.56 Å². The molecule has 0 spiro atoms. The highest BCUT2D eigenvalue weighted by atomic mass is 19.3. The molecule has 2 aromatic carbocycles. The Bertz CT molecular complexity index is 1340. The number of benzene rings is 2. The molecule has 0 bridgehead atoms. The van der Waals surface area contributed by atoms with Gasteiger partial charge in [0.25, 0.3) is 17.9 Å². The number of ether oxygens (including phenoxy) is 1. The average molecular weight is 499 g/mol. The molecule has 10 heteroatoms. The minimum absolute atomic E-state index is 0.130. The van der Waals surface area contributed by atoms with Crippen LogP contribution in [0.3, 0.4) is 0 Å². The minimum atomic E-state index is -2.77. The van der Waals surface area contributed by atoms with E-state index in [1.54, 1.807) is 24.3 Å². The number of halogens is 3. The van der Waals surface area contributed by atoms with E-state index in [2.05, 4.69) is 5.32 Å². The predicted octanol–water partition coefficient (Wildman–Crippen LogP) is 3.50. The first-order chi connectivity index (χ1) is 17.2. The Morgan fingerprint density at radius 1 is 1.14 bits per heavy atom. The summed E-state index contributed by atoms with van der Waals surface area (Å²) in [6, 6.07) is 12.4. The number of carbonyl (C=O) groups is 2. The number of pyridine rings is 1. The zero-order valence-electron chi connectivity index (χ0n) is 19.6. The zero-order valence-corrected chi connectivity index (χ0v) is 19.6. The van der Waals surface area contributed by atoms with Crippen LogP contribution in [0.2, 0.25) is 0 Å². The van der Waals surface area contributed by atoms with Gasteiger partial charge in [0.05, 0.1) is 13.7 Å². The first kappa shape index (κ1) is 25.0. The van der Waals surface area contributed by atoms with Gasteiger partial charge < -0.3 is 19.5 Å². The topological polar surface area (TPSA) is 80.6 Å². The van der Waals surface area contributed by atoms with Crippen LogP contribution >= 0.6 is 0 Å². The maximum atomic E-state index is 15.0. The van der Waals surface area contributed by atoms with E-state index in [0.717, 1.165) is 15.0 Å². The molecule has 1 aromatic heterocycles. The van der Waals surface area contributed by atoms with Crippen molar-refractivity contribution in [2.75, 3.05) is 18.6 Å². The summed E-state index contributed by atoms with van der Waals surface area (Å²) in [6.07, 6.45) is -1.56. The van der Waals surface area contributed by atoms with E-state index in [-0.39, 0.29) is 23.5 Å². The molecule has 188 valence electrons. The molecule has 3 aromatic rings. The minimum Gasteiger partial charge on any atom is -0.497 e. The van der Waals surface area contributed by atoms with Gasteiger partial charge in [-0.05, 0) is 42.8 Å². The van der Waals surface area contributed by atoms with Crippen molar-refractivity contribution in [1.29, 1.82) is 0 Å². The Morgan fingerprint density at radius 2 is 1.86 bits per heavy atom. The second kappa shape index (κ2) is 10.3. The molecule has 36 heavy (non-hydrogen) atoms. The summed E-state index contributed by atoms with van der Waals surface area (Å²) in [5, 5.41) is 2.68. The molecule has 1 N–H and O–H groups in total. The van der Waals surface area contributed by atoms with Crippen molar-refractivity contribution in [2.24, 2.45) is 0 Å². The lowest BCUT2D eigenvalue weighted by Crippen LogP contribution is -2.44. The van der Waals surface area contributed by atoms with Gasteiger partial charge in [0.15, 0.2) is 0 Å². The molecule has 0 radical (unpaired) electrons. The van der Waals surface area contributed by atoms with Crippen LogP contribution in [0.25, 0.3) is 0 Å². The van der Waals surface area contributed by atoms with E-state index in [4.69, 9.17) is 4.74 Å². The van der Waals surface area contributed by atoms with Crippen molar-refractivity contribution in [3.05, 3.63) is 93.7 Å². The molecule has 2 heterocycles. The summed E-state index contributed by atoms with van der Waals surface area (Å²) in [4.78, 5) is 40.4. The van der Waals surface area contributed by atoms with Crippen LogP contribution in [0.4, 0.5) is 18.9 Å². The number of hydrogen-bond acceptors (Lipinski definition) is 4. The monoisotopic (exact) mass is 499 g/mol. The standard InChI is InChI=1S/C26H24F3N3O4/c1-15-5-7-16(8-6-15)24(33)30-23-19(18-10-9-17(36-2)12-20(18)27)13-32(26(23)35)21-4-3-11-31(25(21)34)14-22(28)29/h3-12,19,22-23H,13-14H2,1-2H3,(H,30,33)/t19-,23-/m0/s1. The molecule has 4 rings (SSSR count). The van der Waals surface area contributed by atoms with Crippen molar-refractivity contribution in [1.82, 2.24) is 9.88 Å². The van der Waals surface area contributed by atoms with E-state index >= 15 is 4.39 Å². The molecule has 0 aliphatic carbocycles. The number of hydrogen-bond donors (Lipinski definition) is 1. The van der Waals surface area contributed by atoms with Gasteiger partial charge in [0.1, 0.15) is 23.3 Å². The number of nitrogens with zero attached hydrogens (tertiary/aromatic N) is 2. The largest absolute Gasteiger partial charge is 0.497 e. The quantitative estimate of drug-likeness (QED) is 0.540. The van der Waals surface area contributed by atoms with Gasteiger partial charge in [-0.1, -0.05) is 23.8 Å². The van der Waals surface area contributed by atoms with Crippen molar-refractivity contribution >= 4 is 17.5 Å². The fourth-order valence-electron chi connectivity index (χ4n) is 4.28. The van der Waals surface area contributed by atoms with Crippen LogP contribution in [-0.4, -0.2) is 42.5 Å². The Kier molecular flexibility index (Phi) is 7.14. The van der Waals surface area contributed by atoms with Gasteiger partial charge in [0.2, 0.25) is 5.91 Å². The molecule has 1 saturated heterocycles. The highest BCUT2D eigenvalue weighted by Gasteiger charge is 2.44. The summed E-state index contributed by atoms with van der Waals surface area (Å²) in [5.74, 6) is -2.43. The highest BCUT2D eigenvalue weighted by Crippen LogP contribution is 2.34. The second-order valence-corrected chi connectivity index (χ2v) is 8.50. The lowest BCUT2D eigenvalue weighted by molar-refractivity contribution is -0.118. The lowest BCUT2D eigenvalue weighted by Gasteiger charge is -2.19. The third-order valence-electron chi connectivity index (χ3n) is 6.15. The molecule has 1 aliphatic heterocycles. The predicted molar refractivity (Wildman–Crippen MR) is 127 cm³/mol. The SMILES string of the molecule is COc1ccc([C@@H]2CN(c3cccn(CC(F)F)c3=O)C(=O)[C@H]2NC(=O)c2ccc(C)cc2)c(F)c1. The fourth-order valence-corrected chi connectivity index (χ4v) is 4.28. The molecule has 0 unspecified atom stereocenters. The summed E-state index contributed by atoms with van der Waals surface area (Å²) in [7, 11) is 1.39. The van der Waals surface area contributed by atoms with Crippen molar-refractivity contribution in [3.8, 4) is 5.75 Å². The number of nitrogens with one attached hydrogen (secondary N) is 1. The summed E-state index contributed by atoms with van der Waals surface area (Å²) < 4.78 is 46.8. The molecule has 2 atom stereocenters. The highest BCUT2D eigenvalue weighted by molar-refractivity contribution is 6.04. The maximum absolute atomic E-state index is 15.0. The second-order valence-electron chi connectivity index (χ2n) is 8.50. The van der Waals surface area contributed by atoms with Crippen LogP contribution in [0.5, 0.6) is 5.75 Å². The number of alkyl halides is 2. The van der Waals surface area contributed by atoms with Gasteiger partial charge in [-0.25, -0.2) is 13.2 Å². The molecule has 1 fully saturated rings. The third-order valence-corrected chi connectivity index (χ3v) is 6.15. The molecular weight excluding hydrogens is 475 g/mol. The van der Waals surface area contributed by atoms with Crippen LogP contribution in [0.15, 0.2) is 65.6 Å². The number of carbonyl (C=O) groups excluding carboxylic acids is 2. The van der Waals surface area contributed by atoms with E-state index in [1.807, 2.05) is 6.92 Å². The van der Waals surface area contributed by atoms with Crippen LogP contribution in [-0.2, 0) is 11.3 Å². The summed E-state index contributed by atoms with van der Waals surface area (Å²) in [5.41, 5.74) is 0.473. The Balaban J connectivity index is 1.73. The first-order valence-corrected chi connectivity index (χ1v) is 11.2. The fraction of sp³-hybridized carbons (Fsp3) is 0.269. The molecule has 1 aliphatic rings. The maximum Gasteiger partial charge on any atom is 0.274 e. The molecule has 0 saturated carbocycles.